The molecular weight excluding hydrogens is 242 g/mol. The smallest absolute Gasteiger partial charge is 0.308 e. The first-order valence-electron chi connectivity index (χ1n) is 6.65. The van der Waals surface area contributed by atoms with E-state index in [0.717, 1.165) is 24.3 Å². The maximum Gasteiger partial charge on any atom is 0.308 e. The van der Waals surface area contributed by atoms with Gasteiger partial charge in [-0.2, -0.15) is 0 Å². The van der Waals surface area contributed by atoms with Crippen molar-refractivity contribution < 1.29 is 14.6 Å². The largest absolute Gasteiger partial charge is 0.497 e. The normalized spacial score (nSPS) is 27.4. The molecule has 0 amide bonds. The van der Waals surface area contributed by atoms with Crippen molar-refractivity contribution in [1.82, 2.24) is 4.90 Å². The number of hydrogen-bond acceptors (Lipinski definition) is 3. The zero-order valence-electron chi connectivity index (χ0n) is 11.7. The molecule has 19 heavy (non-hydrogen) atoms. The minimum absolute atomic E-state index is 0.0540. The Kier molecular flexibility index (Phi) is 4.10. The molecule has 4 nitrogen and oxygen atoms in total. The Hall–Kier alpha value is -1.55. The molecule has 0 radical (unpaired) electrons. The van der Waals surface area contributed by atoms with Crippen molar-refractivity contribution in [2.45, 2.75) is 25.3 Å². The third kappa shape index (κ3) is 2.59. The van der Waals surface area contributed by atoms with Crippen LogP contribution >= 0.6 is 0 Å². The van der Waals surface area contributed by atoms with E-state index < -0.39 is 5.97 Å². The van der Waals surface area contributed by atoms with Crippen LogP contribution < -0.4 is 4.74 Å². The quantitative estimate of drug-likeness (QED) is 0.904. The summed E-state index contributed by atoms with van der Waals surface area (Å²) in [7, 11) is 3.64. The number of methoxy groups -OCH3 is 1. The van der Waals surface area contributed by atoms with Gasteiger partial charge in [-0.1, -0.05) is 19.1 Å². The van der Waals surface area contributed by atoms with Crippen molar-refractivity contribution in [3.63, 3.8) is 0 Å². The summed E-state index contributed by atoms with van der Waals surface area (Å²) in [4.78, 5) is 13.7. The van der Waals surface area contributed by atoms with Crippen LogP contribution in [0, 0.1) is 5.92 Å². The second-order valence-corrected chi connectivity index (χ2v) is 5.16. The summed E-state index contributed by atoms with van der Waals surface area (Å²) in [5, 5.41) is 9.51. The molecule has 1 aromatic rings. The first-order valence-corrected chi connectivity index (χ1v) is 6.65. The number of likely N-dealkylation sites (tertiary alicyclic amines) is 1. The van der Waals surface area contributed by atoms with E-state index in [1.165, 1.54) is 0 Å². The standard InChI is InChI=1S/C15H21NO3/c1-4-13-14(15(17)18)12(9-16(13)2)10-5-7-11(19-3)8-6-10/h5-8,12-14H,4,9H2,1-3H3,(H,17,18). The van der Waals surface area contributed by atoms with Gasteiger partial charge in [-0.3, -0.25) is 4.79 Å². The topological polar surface area (TPSA) is 49.8 Å². The van der Waals surface area contributed by atoms with Gasteiger partial charge in [0.2, 0.25) is 0 Å². The minimum atomic E-state index is -0.697. The molecule has 1 fully saturated rings. The van der Waals surface area contributed by atoms with Gasteiger partial charge in [0, 0.05) is 18.5 Å². The average Bonchev–Trinajstić information content (AvgIpc) is 2.75. The molecule has 0 saturated carbocycles. The van der Waals surface area contributed by atoms with Crippen LogP contribution in [0.15, 0.2) is 24.3 Å². The molecule has 1 saturated heterocycles. The maximum atomic E-state index is 11.6. The summed E-state index contributed by atoms with van der Waals surface area (Å²) in [6, 6.07) is 7.86. The Morgan fingerprint density at radius 2 is 2.05 bits per heavy atom. The highest BCUT2D eigenvalue weighted by Crippen LogP contribution is 2.38. The highest BCUT2D eigenvalue weighted by atomic mass is 16.5. The number of carbonyl (C=O) groups is 1. The zero-order valence-corrected chi connectivity index (χ0v) is 11.7. The van der Waals surface area contributed by atoms with Crippen LogP contribution in [-0.2, 0) is 4.79 Å². The molecule has 3 atom stereocenters. The summed E-state index contributed by atoms with van der Waals surface area (Å²) in [6.45, 7) is 2.84. The van der Waals surface area contributed by atoms with E-state index in [2.05, 4.69) is 4.90 Å². The van der Waals surface area contributed by atoms with Crippen LogP contribution in [0.5, 0.6) is 5.75 Å². The number of aliphatic carboxylic acids is 1. The molecule has 2 rings (SSSR count). The number of carboxylic acids is 1. The number of rotatable bonds is 4. The fourth-order valence-electron chi connectivity index (χ4n) is 3.17. The first kappa shape index (κ1) is 13.9. The van der Waals surface area contributed by atoms with Crippen LogP contribution in [0.2, 0.25) is 0 Å². The SMILES string of the molecule is CCC1C(C(=O)O)C(c2ccc(OC)cc2)CN1C. The third-order valence-electron chi connectivity index (χ3n) is 4.15. The van der Waals surface area contributed by atoms with Crippen molar-refractivity contribution >= 4 is 5.97 Å². The van der Waals surface area contributed by atoms with E-state index >= 15 is 0 Å². The second kappa shape index (κ2) is 5.61. The molecular formula is C15H21NO3. The van der Waals surface area contributed by atoms with Crippen LogP contribution in [0.25, 0.3) is 0 Å². The monoisotopic (exact) mass is 263 g/mol. The molecule has 0 aliphatic carbocycles. The van der Waals surface area contributed by atoms with Crippen molar-refractivity contribution in [2.24, 2.45) is 5.92 Å². The van der Waals surface area contributed by atoms with Crippen LogP contribution in [-0.4, -0.2) is 42.7 Å². The van der Waals surface area contributed by atoms with Gasteiger partial charge in [-0.05, 0) is 31.2 Å². The van der Waals surface area contributed by atoms with E-state index in [4.69, 9.17) is 4.74 Å². The molecule has 0 aromatic heterocycles. The van der Waals surface area contributed by atoms with Gasteiger partial charge in [0.1, 0.15) is 5.75 Å². The molecule has 1 aliphatic rings. The van der Waals surface area contributed by atoms with Gasteiger partial charge in [0.05, 0.1) is 13.0 Å². The van der Waals surface area contributed by atoms with Crippen molar-refractivity contribution in [3.05, 3.63) is 29.8 Å². The maximum absolute atomic E-state index is 11.6. The van der Waals surface area contributed by atoms with Gasteiger partial charge < -0.3 is 14.7 Å². The molecule has 0 spiro atoms. The molecule has 3 unspecified atom stereocenters. The van der Waals surface area contributed by atoms with E-state index in [1.54, 1.807) is 7.11 Å². The summed E-state index contributed by atoms with van der Waals surface area (Å²) >= 11 is 0. The Morgan fingerprint density at radius 3 is 2.53 bits per heavy atom. The predicted molar refractivity (Wildman–Crippen MR) is 73.6 cm³/mol. The first-order chi connectivity index (χ1) is 9.08. The molecule has 1 aliphatic heterocycles. The van der Waals surface area contributed by atoms with Crippen molar-refractivity contribution in [1.29, 1.82) is 0 Å². The number of carboxylic acid groups (broad SMARTS) is 1. The van der Waals surface area contributed by atoms with Gasteiger partial charge >= 0.3 is 5.97 Å². The van der Waals surface area contributed by atoms with E-state index in [0.29, 0.717) is 0 Å². The highest BCUT2D eigenvalue weighted by molar-refractivity contribution is 5.73. The fourth-order valence-corrected chi connectivity index (χ4v) is 3.17. The lowest BCUT2D eigenvalue weighted by Crippen LogP contribution is -2.33. The van der Waals surface area contributed by atoms with E-state index in [9.17, 15) is 9.90 Å². The zero-order chi connectivity index (χ0) is 14.0. The lowest BCUT2D eigenvalue weighted by molar-refractivity contribution is -0.143. The molecule has 4 heteroatoms. The molecule has 1 heterocycles. The van der Waals surface area contributed by atoms with Crippen LogP contribution in [0.3, 0.4) is 0 Å². The lowest BCUT2D eigenvalue weighted by Gasteiger charge is -2.21. The average molecular weight is 263 g/mol. The Labute approximate surface area is 114 Å². The van der Waals surface area contributed by atoms with Gasteiger partial charge in [0.25, 0.3) is 0 Å². The second-order valence-electron chi connectivity index (χ2n) is 5.16. The molecule has 104 valence electrons. The summed E-state index contributed by atoms with van der Waals surface area (Å²) < 4.78 is 5.14. The highest BCUT2D eigenvalue weighted by Gasteiger charge is 2.43. The lowest BCUT2D eigenvalue weighted by atomic mass is 9.84. The predicted octanol–water partition coefficient (Wildman–Crippen LogP) is 2.20. The van der Waals surface area contributed by atoms with Crippen molar-refractivity contribution in [2.75, 3.05) is 20.7 Å². The summed E-state index contributed by atoms with van der Waals surface area (Å²) in [5.41, 5.74) is 1.08. The minimum Gasteiger partial charge on any atom is -0.497 e. The fraction of sp³-hybridized carbons (Fsp3) is 0.533. The van der Waals surface area contributed by atoms with Crippen LogP contribution in [0.1, 0.15) is 24.8 Å². The number of likely N-dealkylation sites (N-methyl/N-ethyl adjacent to an activating group) is 1. The summed E-state index contributed by atoms with van der Waals surface area (Å²) in [5.74, 6) is -0.173. The Balaban J connectivity index is 2.28. The van der Waals surface area contributed by atoms with Gasteiger partial charge in [0.15, 0.2) is 0 Å². The van der Waals surface area contributed by atoms with E-state index in [1.807, 2.05) is 38.2 Å². The number of nitrogens with zero attached hydrogens (tertiary/aromatic N) is 1. The van der Waals surface area contributed by atoms with E-state index in [-0.39, 0.29) is 17.9 Å². The van der Waals surface area contributed by atoms with Gasteiger partial charge in [-0.15, -0.1) is 0 Å². The van der Waals surface area contributed by atoms with Crippen molar-refractivity contribution in [3.8, 4) is 5.75 Å². The number of benzene rings is 1. The molecule has 1 aromatic carbocycles. The third-order valence-corrected chi connectivity index (χ3v) is 4.15. The van der Waals surface area contributed by atoms with Gasteiger partial charge in [-0.25, -0.2) is 0 Å². The Morgan fingerprint density at radius 1 is 1.42 bits per heavy atom. The Bertz CT molecular complexity index is 443. The molecule has 0 bridgehead atoms. The van der Waals surface area contributed by atoms with Crippen LogP contribution in [0.4, 0.5) is 0 Å². The number of hydrogen-bond donors (Lipinski definition) is 1. The molecule has 1 N–H and O–H groups in total. The summed E-state index contributed by atoms with van der Waals surface area (Å²) in [6.07, 6.45) is 0.861. The number of ether oxygens (including phenoxy) is 1.